The Morgan fingerprint density at radius 3 is 2.55 bits per heavy atom. The van der Waals surface area contributed by atoms with Crippen molar-refractivity contribution in [2.45, 2.75) is 4.90 Å². The molecule has 29 heavy (non-hydrogen) atoms. The highest BCUT2D eigenvalue weighted by Crippen LogP contribution is 2.30. The SMILES string of the molecule is O=Cc1ccc(C#Cc2ccccc2NS(=O)(=O)c2csc3ccccc23)cn1. The first-order chi connectivity index (χ1) is 14.1. The number of fused-ring (bicyclic) bond motifs is 1. The van der Waals surface area contributed by atoms with E-state index in [1.165, 1.54) is 17.5 Å². The Hall–Kier alpha value is -3.47. The fourth-order valence-electron chi connectivity index (χ4n) is 2.73. The molecule has 1 N–H and O–H groups in total. The van der Waals surface area contributed by atoms with Gasteiger partial charge in [-0.3, -0.25) is 14.5 Å². The molecule has 0 radical (unpaired) electrons. The van der Waals surface area contributed by atoms with Gasteiger partial charge in [0, 0.05) is 32.8 Å². The van der Waals surface area contributed by atoms with Crippen LogP contribution in [-0.2, 0) is 10.0 Å². The van der Waals surface area contributed by atoms with Crippen molar-refractivity contribution in [1.82, 2.24) is 4.98 Å². The molecule has 0 bridgehead atoms. The summed E-state index contributed by atoms with van der Waals surface area (Å²) in [6.45, 7) is 0. The summed E-state index contributed by atoms with van der Waals surface area (Å²) in [6.07, 6.45) is 2.16. The molecule has 5 nitrogen and oxygen atoms in total. The molecule has 0 saturated carbocycles. The number of benzene rings is 2. The fraction of sp³-hybridized carbons (Fsp3) is 0. The standard InChI is InChI=1S/C22H14N2O3S2/c25-14-18-12-10-16(13-23-18)9-11-17-5-1-3-7-20(17)24-29(26,27)22-15-28-21-8-4-2-6-19(21)22/h1-8,10,12-15,24H. The van der Waals surface area contributed by atoms with Crippen LogP contribution in [0, 0.1) is 11.8 Å². The molecule has 0 saturated heterocycles. The van der Waals surface area contributed by atoms with Gasteiger partial charge in [-0.15, -0.1) is 11.3 Å². The number of rotatable bonds is 4. The van der Waals surface area contributed by atoms with Crippen LogP contribution in [0.2, 0.25) is 0 Å². The third-order valence-corrected chi connectivity index (χ3v) is 6.67. The van der Waals surface area contributed by atoms with E-state index >= 15 is 0 Å². The summed E-state index contributed by atoms with van der Waals surface area (Å²) in [7, 11) is -3.77. The predicted molar refractivity (Wildman–Crippen MR) is 115 cm³/mol. The van der Waals surface area contributed by atoms with Crippen LogP contribution in [0.15, 0.2) is 77.1 Å². The summed E-state index contributed by atoms with van der Waals surface area (Å²) in [5.74, 6) is 5.91. The number of carbonyl (C=O) groups is 1. The number of aldehydes is 1. The zero-order chi connectivity index (χ0) is 20.3. The zero-order valence-corrected chi connectivity index (χ0v) is 16.6. The van der Waals surface area contributed by atoms with Gasteiger partial charge in [-0.25, -0.2) is 8.42 Å². The van der Waals surface area contributed by atoms with E-state index in [4.69, 9.17) is 0 Å². The van der Waals surface area contributed by atoms with Crippen molar-refractivity contribution >= 4 is 43.4 Å². The lowest BCUT2D eigenvalue weighted by atomic mass is 10.1. The van der Waals surface area contributed by atoms with E-state index in [9.17, 15) is 13.2 Å². The Morgan fingerprint density at radius 2 is 1.76 bits per heavy atom. The molecule has 0 fully saturated rings. The van der Waals surface area contributed by atoms with Crippen molar-refractivity contribution in [1.29, 1.82) is 0 Å². The molecule has 0 aliphatic rings. The molecule has 2 aromatic carbocycles. The quantitative estimate of drug-likeness (QED) is 0.396. The number of pyridine rings is 1. The maximum absolute atomic E-state index is 13.0. The molecule has 4 aromatic rings. The number of nitrogens with one attached hydrogen (secondary N) is 1. The Bertz CT molecular complexity index is 1360. The first kappa shape index (κ1) is 18.9. The molecule has 0 unspecified atom stereocenters. The Morgan fingerprint density at radius 1 is 0.966 bits per heavy atom. The van der Waals surface area contributed by atoms with Crippen LogP contribution in [0.1, 0.15) is 21.6 Å². The second-order valence-electron chi connectivity index (χ2n) is 6.09. The first-order valence-electron chi connectivity index (χ1n) is 8.58. The predicted octanol–water partition coefficient (Wildman–Crippen LogP) is 4.31. The van der Waals surface area contributed by atoms with Crippen molar-refractivity contribution < 1.29 is 13.2 Å². The minimum Gasteiger partial charge on any atom is -0.296 e. The number of anilines is 1. The van der Waals surface area contributed by atoms with Crippen molar-refractivity contribution in [3.8, 4) is 11.8 Å². The second-order valence-corrected chi connectivity index (χ2v) is 8.65. The third-order valence-electron chi connectivity index (χ3n) is 4.15. The molecule has 142 valence electrons. The summed E-state index contributed by atoms with van der Waals surface area (Å²) in [6, 6.07) is 17.6. The van der Waals surface area contributed by atoms with Gasteiger partial charge in [-0.2, -0.15) is 0 Å². The average molecular weight is 418 g/mol. The maximum atomic E-state index is 13.0. The summed E-state index contributed by atoms with van der Waals surface area (Å²) < 4.78 is 29.5. The molecule has 0 amide bonds. The lowest BCUT2D eigenvalue weighted by Crippen LogP contribution is -2.13. The number of carbonyl (C=O) groups excluding carboxylic acids is 1. The Kier molecular flexibility index (Phi) is 5.12. The van der Waals surface area contributed by atoms with Gasteiger partial charge >= 0.3 is 0 Å². The van der Waals surface area contributed by atoms with E-state index in [1.54, 1.807) is 47.8 Å². The van der Waals surface area contributed by atoms with Gasteiger partial charge in [0.15, 0.2) is 6.29 Å². The lowest BCUT2D eigenvalue weighted by molar-refractivity contribution is 0.111. The second kappa shape index (κ2) is 7.87. The molecule has 0 aliphatic heterocycles. The van der Waals surface area contributed by atoms with E-state index < -0.39 is 10.0 Å². The van der Waals surface area contributed by atoms with Gasteiger partial charge in [-0.05, 0) is 30.3 Å². The Labute approximate surface area is 172 Å². The maximum Gasteiger partial charge on any atom is 0.263 e. The zero-order valence-electron chi connectivity index (χ0n) is 15.0. The van der Waals surface area contributed by atoms with E-state index in [2.05, 4.69) is 21.5 Å². The number of hydrogen-bond acceptors (Lipinski definition) is 5. The molecule has 2 heterocycles. The topological polar surface area (TPSA) is 76.1 Å². The average Bonchev–Trinajstić information content (AvgIpc) is 3.18. The van der Waals surface area contributed by atoms with E-state index in [0.29, 0.717) is 34.2 Å². The van der Waals surface area contributed by atoms with E-state index in [0.717, 1.165) is 4.70 Å². The number of para-hydroxylation sites is 1. The van der Waals surface area contributed by atoms with Gasteiger partial charge in [0.05, 0.1) is 5.69 Å². The van der Waals surface area contributed by atoms with Gasteiger partial charge in [-0.1, -0.05) is 42.2 Å². The molecule has 0 aliphatic carbocycles. The summed E-state index contributed by atoms with van der Waals surface area (Å²) in [5, 5.41) is 2.33. The molecule has 2 aromatic heterocycles. The molecule has 0 atom stereocenters. The van der Waals surface area contributed by atoms with Crippen LogP contribution in [-0.4, -0.2) is 19.7 Å². The third kappa shape index (κ3) is 4.04. The van der Waals surface area contributed by atoms with Crippen LogP contribution < -0.4 is 4.72 Å². The summed E-state index contributed by atoms with van der Waals surface area (Å²) in [5.41, 5.74) is 1.88. The van der Waals surface area contributed by atoms with Crippen LogP contribution in [0.5, 0.6) is 0 Å². The largest absolute Gasteiger partial charge is 0.296 e. The number of hydrogen-bond donors (Lipinski definition) is 1. The highest BCUT2D eigenvalue weighted by molar-refractivity contribution is 7.93. The van der Waals surface area contributed by atoms with Gasteiger partial charge < -0.3 is 0 Å². The smallest absolute Gasteiger partial charge is 0.263 e. The fourth-order valence-corrected chi connectivity index (χ4v) is 5.31. The van der Waals surface area contributed by atoms with Crippen LogP contribution >= 0.6 is 11.3 Å². The highest BCUT2D eigenvalue weighted by atomic mass is 32.2. The monoisotopic (exact) mass is 418 g/mol. The number of nitrogens with zero attached hydrogens (tertiary/aromatic N) is 1. The van der Waals surface area contributed by atoms with Gasteiger partial charge in [0.25, 0.3) is 10.0 Å². The first-order valence-corrected chi connectivity index (χ1v) is 10.9. The minimum absolute atomic E-state index is 0.245. The summed E-state index contributed by atoms with van der Waals surface area (Å²) >= 11 is 1.39. The Balaban J connectivity index is 1.66. The van der Waals surface area contributed by atoms with Crippen molar-refractivity contribution in [3.63, 3.8) is 0 Å². The molecule has 7 heteroatoms. The van der Waals surface area contributed by atoms with Crippen LogP contribution in [0.4, 0.5) is 5.69 Å². The number of aromatic nitrogens is 1. The van der Waals surface area contributed by atoms with Crippen molar-refractivity contribution in [3.05, 3.63) is 89.1 Å². The summed E-state index contributed by atoms with van der Waals surface area (Å²) in [4.78, 5) is 14.9. The molecular formula is C22H14N2O3S2. The van der Waals surface area contributed by atoms with Crippen LogP contribution in [0.3, 0.4) is 0 Å². The normalized spacial score (nSPS) is 10.9. The van der Waals surface area contributed by atoms with E-state index in [1.807, 2.05) is 18.2 Å². The van der Waals surface area contributed by atoms with Crippen LogP contribution in [0.25, 0.3) is 10.1 Å². The molecular weight excluding hydrogens is 404 g/mol. The minimum atomic E-state index is -3.77. The van der Waals surface area contributed by atoms with Crippen molar-refractivity contribution in [2.24, 2.45) is 0 Å². The van der Waals surface area contributed by atoms with Gasteiger partial charge in [0.2, 0.25) is 0 Å². The number of sulfonamides is 1. The number of thiophene rings is 1. The highest BCUT2D eigenvalue weighted by Gasteiger charge is 2.19. The lowest BCUT2D eigenvalue weighted by Gasteiger charge is -2.09. The van der Waals surface area contributed by atoms with Gasteiger partial charge in [0.1, 0.15) is 10.6 Å². The molecule has 4 rings (SSSR count). The van der Waals surface area contributed by atoms with Crippen molar-refractivity contribution in [2.75, 3.05) is 4.72 Å². The van der Waals surface area contributed by atoms with E-state index in [-0.39, 0.29) is 4.90 Å². The molecule has 0 spiro atoms.